The van der Waals surface area contributed by atoms with E-state index < -0.39 is 12.0 Å². The lowest BCUT2D eigenvalue weighted by molar-refractivity contribution is 0.0591. The first-order valence-electron chi connectivity index (χ1n) is 6.81. The Morgan fingerprint density at radius 2 is 1.73 bits per heavy atom. The minimum atomic E-state index is -0.499. The molecule has 2 aromatic rings. The molecule has 2 amide bonds. The highest BCUT2D eigenvalue weighted by Crippen LogP contribution is 2.21. The first-order chi connectivity index (χ1) is 10.4. The number of aryl methyl sites for hydroxylation is 2. The summed E-state index contributed by atoms with van der Waals surface area (Å²) in [4.78, 5) is 23.9. The van der Waals surface area contributed by atoms with E-state index in [1.165, 1.54) is 7.11 Å². The molecule has 0 bridgehead atoms. The average Bonchev–Trinajstić information content (AvgIpc) is 2.75. The van der Waals surface area contributed by atoms with Crippen LogP contribution in [0.2, 0.25) is 0 Å². The fourth-order valence-electron chi connectivity index (χ4n) is 2.09. The van der Waals surface area contributed by atoms with Gasteiger partial charge in [-0.15, -0.1) is 0 Å². The van der Waals surface area contributed by atoms with Gasteiger partial charge in [0.1, 0.15) is 0 Å². The zero-order valence-corrected chi connectivity index (χ0v) is 13.1. The van der Waals surface area contributed by atoms with Crippen LogP contribution in [0.5, 0.6) is 0 Å². The van der Waals surface area contributed by atoms with Crippen molar-refractivity contribution in [3.63, 3.8) is 0 Å². The average molecular weight is 301 g/mol. The molecular formula is C16H19N3O3. The highest BCUT2D eigenvalue weighted by atomic mass is 16.5. The summed E-state index contributed by atoms with van der Waals surface area (Å²) in [5, 5.41) is 5.40. The number of amides is 2. The van der Waals surface area contributed by atoms with Crippen molar-refractivity contribution in [2.24, 2.45) is 7.05 Å². The number of nitrogens with one attached hydrogen (secondary N) is 2. The molecule has 2 N–H and O–H groups in total. The topological polar surface area (TPSA) is 72.4 Å². The van der Waals surface area contributed by atoms with Gasteiger partial charge in [0.25, 0.3) is 0 Å². The molecule has 0 aliphatic carbocycles. The van der Waals surface area contributed by atoms with Gasteiger partial charge in [-0.25, -0.2) is 9.59 Å². The van der Waals surface area contributed by atoms with Crippen molar-refractivity contribution in [3.05, 3.63) is 47.3 Å². The summed E-state index contributed by atoms with van der Waals surface area (Å²) < 4.78 is 6.43. The van der Waals surface area contributed by atoms with Gasteiger partial charge < -0.3 is 19.9 Å². The van der Waals surface area contributed by atoms with Gasteiger partial charge in [-0.3, -0.25) is 0 Å². The molecule has 0 aliphatic heterocycles. The van der Waals surface area contributed by atoms with Crippen LogP contribution < -0.4 is 10.6 Å². The van der Waals surface area contributed by atoms with Gasteiger partial charge in [0.15, 0.2) is 5.69 Å². The number of hydrogen-bond acceptors (Lipinski definition) is 3. The number of nitrogens with zero attached hydrogens (tertiary/aromatic N) is 1. The van der Waals surface area contributed by atoms with Gasteiger partial charge in [-0.05, 0) is 32.0 Å². The Balaban J connectivity index is 2.16. The van der Waals surface area contributed by atoms with E-state index >= 15 is 0 Å². The van der Waals surface area contributed by atoms with Crippen molar-refractivity contribution in [3.8, 4) is 0 Å². The summed E-state index contributed by atoms with van der Waals surface area (Å²) >= 11 is 0. The second-order valence-corrected chi connectivity index (χ2v) is 5.04. The molecule has 1 heterocycles. The Hall–Kier alpha value is -2.76. The third kappa shape index (κ3) is 3.28. The number of carbonyl (C=O) groups is 2. The van der Waals surface area contributed by atoms with Crippen molar-refractivity contribution in [1.82, 2.24) is 4.57 Å². The Morgan fingerprint density at radius 1 is 1.09 bits per heavy atom. The van der Waals surface area contributed by atoms with Crippen LogP contribution in [0.25, 0.3) is 0 Å². The van der Waals surface area contributed by atoms with Crippen LogP contribution in [0.1, 0.15) is 21.7 Å². The Labute approximate surface area is 129 Å². The lowest BCUT2D eigenvalue weighted by Crippen LogP contribution is -2.21. The first kappa shape index (κ1) is 15.6. The van der Waals surface area contributed by atoms with Crippen LogP contribution in [-0.4, -0.2) is 23.7 Å². The molecule has 6 heteroatoms. The Kier molecular flexibility index (Phi) is 4.50. The molecule has 1 aromatic heterocycles. The van der Waals surface area contributed by atoms with E-state index in [1.807, 2.05) is 38.1 Å². The molecule has 0 radical (unpaired) electrons. The third-order valence-corrected chi connectivity index (χ3v) is 3.41. The maximum Gasteiger partial charge on any atom is 0.356 e. The quantitative estimate of drug-likeness (QED) is 0.856. The van der Waals surface area contributed by atoms with Gasteiger partial charge in [0, 0.05) is 18.4 Å². The highest BCUT2D eigenvalue weighted by Gasteiger charge is 2.19. The number of hydrogen-bond donors (Lipinski definition) is 2. The van der Waals surface area contributed by atoms with Gasteiger partial charge in [0.2, 0.25) is 0 Å². The normalized spacial score (nSPS) is 10.2. The van der Waals surface area contributed by atoms with E-state index in [1.54, 1.807) is 17.7 Å². The summed E-state index contributed by atoms with van der Waals surface area (Å²) in [5.41, 5.74) is 3.34. The Bertz CT molecular complexity index is 702. The third-order valence-electron chi connectivity index (χ3n) is 3.41. The molecule has 6 nitrogen and oxygen atoms in total. The second-order valence-electron chi connectivity index (χ2n) is 5.04. The largest absolute Gasteiger partial charge is 0.464 e. The van der Waals surface area contributed by atoms with Gasteiger partial charge >= 0.3 is 12.0 Å². The molecule has 0 aliphatic rings. The standard InChI is InChI=1S/C16H19N3O3/c1-10-5-7-12(8-6-10)17-16(21)18-13-9-11(2)19(3)14(13)15(20)22-4/h5-9H,1-4H3,(H2,17,18,21). The second kappa shape index (κ2) is 6.34. The molecule has 0 saturated carbocycles. The van der Waals surface area contributed by atoms with Crippen molar-refractivity contribution in [2.75, 3.05) is 17.7 Å². The zero-order chi connectivity index (χ0) is 16.3. The predicted molar refractivity (Wildman–Crippen MR) is 85.3 cm³/mol. The molecule has 0 spiro atoms. The van der Waals surface area contributed by atoms with Gasteiger partial charge in [-0.2, -0.15) is 0 Å². The van der Waals surface area contributed by atoms with Crippen LogP contribution in [0.4, 0.5) is 16.2 Å². The van der Waals surface area contributed by atoms with Crippen molar-refractivity contribution < 1.29 is 14.3 Å². The van der Waals surface area contributed by atoms with E-state index in [-0.39, 0.29) is 0 Å². The van der Waals surface area contributed by atoms with Crippen LogP contribution in [0.3, 0.4) is 0 Å². The van der Waals surface area contributed by atoms with Crippen LogP contribution in [-0.2, 0) is 11.8 Å². The van der Waals surface area contributed by atoms with Crippen LogP contribution in [0.15, 0.2) is 30.3 Å². The lowest BCUT2D eigenvalue weighted by Gasteiger charge is -2.09. The summed E-state index contributed by atoms with van der Waals surface area (Å²) in [6, 6.07) is 8.74. The molecule has 116 valence electrons. The summed E-state index contributed by atoms with van der Waals surface area (Å²) in [5.74, 6) is -0.499. The maximum atomic E-state index is 12.1. The molecule has 0 fully saturated rings. The SMILES string of the molecule is COC(=O)c1c(NC(=O)Nc2ccc(C)cc2)cc(C)n1C. The Morgan fingerprint density at radius 3 is 2.32 bits per heavy atom. The molecule has 1 aromatic carbocycles. The van der Waals surface area contributed by atoms with Gasteiger partial charge in [0.05, 0.1) is 12.8 Å². The van der Waals surface area contributed by atoms with E-state index in [0.717, 1.165) is 11.3 Å². The number of esters is 1. The summed E-state index contributed by atoms with van der Waals surface area (Å²) in [6.07, 6.45) is 0. The monoisotopic (exact) mass is 301 g/mol. The van der Waals surface area contributed by atoms with Crippen molar-refractivity contribution in [2.45, 2.75) is 13.8 Å². The number of anilines is 2. The van der Waals surface area contributed by atoms with E-state index in [4.69, 9.17) is 4.74 Å². The minimum Gasteiger partial charge on any atom is -0.464 e. The molecule has 22 heavy (non-hydrogen) atoms. The number of methoxy groups -OCH3 is 1. The molecule has 0 saturated heterocycles. The number of carbonyl (C=O) groups excluding carboxylic acids is 2. The number of ether oxygens (including phenoxy) is 1. The van der Waals surface area contributed by atoms with Crippen molar-refractivity contribution in [1.29, 1.82) is 0 Å². The van der Waals surface area contributed by atoms with E-state index in [0.29, 0.717) is 17.1 Å². The van der Waals surface area contributed by atoms with Crippen LogP contribution in [0, 0.1) is 13.8 Å². The number of aromatic nitrogens is 1. The lowest BCUT2D eigenvalue weighted by atomic mass is 10.2. The minimum absolute atomic E-state index is 0.305. The predicted octanol–water partition coefficient (Wildman–Crippen LogP) is 3.07. The summed E-state index contributed by atoms with van der Waals surface area (Å²) in [6.45, 7) is 3.81. The molecular weight excluding hydrogens is 282 g/mol. The van der Waals surface area contributed by atoms with E-state index in [9.17, 15) is 9.59 Å². The maximum absolute atomic E-state index is 12.1. The molecule has 2 rings (SSSR count). The fourth-order valence-corrected chi connectivity index (χ4v) is 2.09. The number of urea groups is 1. The fraction of sp³-hybridized carbons (Fsp3) is 0.250. The van der Waals surface area contributed by atoms with Gasteiger partial charge in [-0.1, -0.05) is 17.7 Å². The van der Waals surface area contributed by atoms with Crippen LogP contribution >= 0.6 is 0 Å². The molecule has 0 atom stereocenters. The molecule has 0 unspecified atom stereocenters. The van der Waals surface area contributed by atoms with E-state index in [2.05, 4.69) is 10.6 Å². The highest BCUT2D eigenvalue weighted by molar-refractivity contribution is 6.04. The number of benzene rings is 1. The smallest absolute Gasteiger partial charge is 0.356 e. The first-order valence-corrected chi connectivity index (χ1v) is 6.81. The van der Waals surface area contributed by atoms with Crippen molar-refractivity contribution >= 4 is 23.4 Å². The number of rotatable bonds is 3. The zero-order valence-electron chi connectivity index (χ0n) is 13.1. The summed E-state index contributed by atoms with van der Waals surface area (Å²) in [7, 11) is 3.05.